The molecule has 1 atom stereocenters. The summed E-state index contributed by atoms with van der Waals surface area (Å²) >= 11 is 0. The molecule has 0 saturated carbocycles. The molecule has 2 rings (SSSR count). The molecule has 0 aliphatic carbocycles. The Morgan fingerprint density at radius 3 is 2.05 bits per heavy atom. The summed E-state index contributed by atoms with van der Waals surface area (Å²) in [4.78, 5) is 28.3. The van der Waals surface area contributed by atoms with Gasteiger partial charge in [-0.3, -0.25) is 9.59 Å². The Morgan fingerprint density at radius 1 is 0.955 bits per heavy atom. The predicted molar refractivity (Wildman–Crippen MR) is 86.0 cm³/mol. The van der Waals surface area contributed by atoms with E-state index in [1.54, 1.807) is 4.90 Å². The molecule has 1 heterocycles. The fourth-order valence-corrected chi connectivity index (χ4v) is 2.72. The van der Waals surface area contributed by atoms with E-state index >= 15 is 0 Å². The number of rotatable bonds is 3. The van der Waals surface area contributed by atoms with Crippen molar-refractivity contribution in [3.05, 3.63) is 35.9 Å². The smallest absolute Gasteiger partial charge is 0.244 e. The number of benzene rings is 1. The molecule has 5 nitrogen and oxygen atoms in total. The van der Waals surface area contributed by atoms with Gasteiger partial charge in [-0.1, -0.05) is 44.2 Å². The van der Waals surface area contributed by atoms with Gasteiger partial charge in [0.15, 0.2) is 0 Å². The molecule has 0 aromatic heterocycles. The van der Waals surface area contributed by atoms with E-state index in [1.807, 2.05) is 49.1 Å². The van der Waals surface area contributed by atoms with Gasteiger partial charge in [0.1, 0.15) is 6.04 Å². The van der Waals surface area contributed by atoms with Crippen molar-refractivity contribution in [3.8, 4) is 0 Å². The molecule has 1 saturated heterocycles. The second-order valence-corrected chi connectivity index (χ2v) is 6.05. The van der Waals surface area contributed by atoms with Crippen LogP contribution in [0.15, 0.2) is 30.3 Å². The molecule has 1 aliphatic heterocycles. The number of amides is 2. The van der Waals surface area contributed by atoms with Crippen LogP contribution >= 0.6 is 0 Å². The molecule has 1 aliphatic rings. The highest BCUT2D eigenvalue weighted by molar-refractivity contribution is 5.83. The highest BCUT2D eigenvalue weighted by Gasteiger charge is 2.26. The number of hydrogen-bond acceptors (Lipinski definition) is 3. The minimum atomic E-state index is -0.631. The van der Waals surface area contributed by atoms with E-state index in [-0.39, 0.29) is 17.7 Å². The van der Waals surface area contributed by atoms with Crippen LogP contribution in [0.3, 0.4) is 0 Å². The molecular formula is C17H25N3O2. The first kappa shape index (κ1) is 16.5. The highest BCUT2D eigenvalue weighted by atomic mass is 16.2. The van der Waals surface area contributed by atoms with Crippen molar-refractivity contribution in [1.29, 1.82) is 0 Å². The number of nitrogens with zero attached hydrogens (tertiary/aromatic N) is 2. The SMILES string of the molecule is CC(C)C(=O)N1CCCN(C(=O)C(N)c2ccccc2)CC1. The fraction of sp³-hybridized carbons (Fsp3) is 0.529. The Kier molecular flexibility index (Phi) is 5.55. The summed E-state index contributed by atoms with van der Waals surface area (Å²) in [7, 11) is 0. The summed E-state index contributed by atoms with van der Waals surface area (Å²) in [6.45, 7) is 6.31. The minimum Gasteiger partial charge on any atom is -0.341 e. The average Bonchev–Trinajstić information content (AvgIpc) is 2.79. The van der Waals surface area contributed by atoms with Crippen LogP contribution < -0.4 is 5.73 Å². The van der Waals surface area contributed by atoms with Crippen LogP contribution in [0.5, 0.6) is 0 Å². The molecule has 1 aromatic carbocycles. The maximum atomic E-state index is 12.6. The average molecular weight is 303 g/mol. The zero-order valence-electron chi connectivity index (χ0n) is 13.4. The fourth-order valence-electron chi connectivity index (χ4n) is 2.72. The van der Waals surface area contributed by atoms with E-state index in [9.17, 15) is 9.59 Å². The van der Waals surface area contributed by atoms with Gasteiger partial charge in [0.2, 0.25) is 11.8 Å². The second-order valence-electron chi connectivity index (χ2n) is 6.05. The molecule has 1 unspecified atom stereocenters. The van der Waals surface area contributed by atoms with Gasteiger partial charge in [-0.05, 0) is 12.0 Å². The van der Waals surface area contributed by atoms with Gasteiger partial charge in [0.05, 0.1) is 0 Å². The Bertz CT molecular complexity index is 516. The number of hydrogen-bond donors (Lipinski definition) is 1. The third kappa shape index (κ3) is 3.85. The van der Waals surface area contributed by atoms with E-state index < -0.39 is 6.04 Å². The highest BCUT2D eigenvalue weighted by Crippen LogP contribution is 2.15. The largest absolute Gasteiger partial charge is 0.341 e. The first-order valence-electron chi connectivity index (χ1n) is 7.89. The summed E-state index contributed by atoms with van der Waals surface area (Å²) in [5.74, 6) is 0.0838. The van der Waals surface area contributed by atoms with Crippen molar-refractivity contribution in [3.63, 3.8) is 0 Å². The zero-order chi connectivity index (χ0) is 16.1. The lowest BCUT2D eigenvalue weighted by atomic mass is 10.1. The summed E-state index contributed by atoms with van der Waals surface area (Å²) in [6, 6.07) is 8.78. The second kappa shape index (κ2) is 7.40. The Balaban J connectivity index is 1.99. The Labute approximate surface area is 132 Å². The topological polar surface area (TPSA) is 66.6 Å². The number of carbonyl (C=O) groups excluding carboxylic acids is 2. The quantitative estimate of drug-likeness (QED) is 0.918. The third-order valence-electron chi connectivity index (χ3n) is 4.04. The lowest BCUT2D eigenvalue weighted by Crippen LogP contribution is -2.42. The minimum absolute atomic E-state index is 0.00572. The standard InChI is InChI=1S/C17H25N3O2/c1-13(2)16(21)19-9-6-10-20(12-11-19)17(22)15(18)14-7-4-3-5-8-14/h3-5,7-8,13,15H,6,9-12,18H2,1-2H3. The molecule has 0 spiro atoms. The van der Waals surface area contributed by atoms with E-state index in [0.29, 0.717) is 26.2 Å². The van der Waals surface area contributed by atoms with E-state index in [0.717, 1.165) is 12.0 Å². The van der Waals surface area contributed by atoms with Crippen LogP contribution in [0.25, 0.3) is 0 Å². The van der Waals surface area contributed by atoms with Crippen molar-refractivity contribution >= 4 is 11.8 Å². The van der Waals surface area contributed by atoms with Crippen LogP contribution in [0.1, 0.15) is 31.9 Å². The van der Waals surface area contributed by atoms with E-state index in [2.05, 4.69) is 0 Å². The third-order valence-corrected chi connectivity index (χ3v) is 4.04. The Hall–Kier alpha value is -1.88. The molecule has 120 valence electrons. The number of carbonyl (C=O) groups is 2. The molecule has 0 bridgehead atoms. The summed E-state index contributed by atoms with van der Waals surface area (Å²) in [5, 5.41) is 0. The van der Waals surface area contributed by atoms with Crippen LogP contribution in [0.4, 0.5) is 0 Å². The van der Waals surface area contributed by atoms with E-state index in [4.69, 9.17) is 5.73 Å². The summed E-state index contributed by atoms with van der Waals surface area (Å²) in [5.41, 5.74) is 6.92. The molecule has 5 heteroatoms. The van der Waals surface area contributed by atoms with Crippen LogP contribution in [-0.2, 0) is 9.59 Å². The molecule has 1 fully saturated rings. The summed E-state index contributed by atoms with van der Waals surface area (Å²) in [6.07, 6.45) is 0.797. The first-order valence-corrected chi connectivity index (χ1v) is 7.89. The monoisotopic (exact) mass is 303 g/mol. The van der Waals surface area contributed by atoms with Crippen LogP contribution in [0, 0.1) is 5.92 Å². The van der Waals surface area contributed by atoms with Crippen LogP contribution in [-0.4, -0.2) is 47.8 Å². The van der Waals surface area contributed by atoms with Gasteiger partial charge in [0, 0.05) is 32.1 Å². The van der Waals surface area contributed by atoms with Gasteiger partial charge in [0.25, 0.3) is 0 Å². The lowest BCUT2D eigenvalue weighted by Gasteiger charge is -2.25. The van der Waals surface area contributed by atoms with Gasteiger partial charge in [-0.25, -0.2) is 0 Å². The predicted octanol–water partition coefficient (Wildman–Crippen LogP) is 1.40. The Morgan fingerprint density at radius 2 is 1.50 bits per heavy atom. The van der Waals surface area contributed by atoms with Gasteiger partial charge in [-0.15, -0.1) is 0 Å². The van der Waals surface area contributed by atoms with Gasteiger partial charge < -0.3 is 15.5 Å². The molecular weight excluding hydrogens is 278 g/mol. The van der Waals surface area contributed by atoms with Crippen LogP contribution in [0.2, 0.25) is 0 Å². The summed E-state index contributed by atoms with van der Waals surface area (Å²) < 4.78 is 0. The van der Waals surface area contributed by atoms with E-state index in [1.165, 1.54) is 0 Å². The maximum absolute atomic E-state index is 12.6. The van der Waals surface area contributed by atoms with Crippen molar-refractivity contribution in [2.45, 2.75) is 26.3 Å². The molecule has 2 amide bonds. The molecule has 22 heavy (non-hydrogen) atoms. The van der Waals surface area contributed by atoms with Crippen molar-refractivity contribution in [1.82, 2.24) is 9.80 Å². The van der Waals surface area contributed by atoms with Crippen molar-refractivity contribution in [2.24, 2.45) is 11.7 Å². The van der Waals surface area contributed by atoms with Crippen molar-refractivity contribution in [2.75, 3.05) is 26.2 Å². The lowest BCUT2D eigenvalue weighted by molar-refractivity contribution is -0.136. The maximum Gasteiger partial charge on any atom is 0.244 e. The van der Waals surface area contributed by atoms with Gasteiger partial charge in [-0.2, -0.15) is 0 Å². The van der Waals surface area contributed by atoms with Crippen molar-refractivity contribution < 1.29 is 9.59 Å². The molecule has 0 radical (unpaired) electrons. The molecule has 2 N–H and O–H groups in total. The zero-order valence-corrected chi connectivity index (χ0v) is 13.4. The molecule has 1 aromatic rings. The number of nitrogens with two attached hydrogens (primary N) is 1. The normalized spacial score (nSPS) is 17.3. The first-order chi connectivity index (χ1) is 10.5. The van der Waals surface area contributed by atoms with Gasteiger partial charge >= 0.3 is 0 Å².